The van der Waals surface area contributed by atoms with Crippen LogP contribution in [-0.4, -0.2) is 36.1 Å². The van der Waals surface area contributed by atoms with Crippen molar-refractivity contribution in [1.29, 1.82) is 0 Å². The molecule has 0 aliphatic carbocycles. The van der Waals surface area contributed by atoms with E-state index in [9.17, 15) is 4.79 Å². The fourth-order valence-electron chi connectivity index (χ4n) is 3.62. The lowest BCUT2D eigenvalue weighted by Gasteiger charge is -2.38. The van der Waals surface area contributed by atoms with Gasteiger partial charge in [-0.05, 0) is 38.8 Å². The van der Waals surface area contributed by atoms with Crippen molar-refractivity contribution in [3.05, 3.63) is 34.7 Å². The summed E-state index contributed by atoms with van der Waals surface area (Å²) in [6.45, 7) is 18.4. The Hall–Kier alpha value is -1.86. The molecule has 1 heterocycles. The zero-order chi connectivity index (χ0) is 16.3. The summed E-state index contributed by atoms with van der Waals surface area (Å²) >= 11 is 0. The van der Waals surface area contributed by atoms with Crippen LogP contribution in [-0.2, 0) is 4.79 Å². The summed E-state index contributed by atoms with van der Waals surface area (Å²) in [4.78, 5) is 16.2. The Morgan fingerprint density at radius 3 is 2.32 bits per heavy atom. The van der Waals surface area contributed by atoms with Gasteiger partial charge in [-0.15, -0.1) is 0 Å². The normalized spacial score (nSPS) is 17.8. The summed E-state index contributed by atoms with van der Waals surface area (Å²) in [6.07, 6.45) is 2.42. The summed E-state index contributed by atoms with van der Waals surface area (Å²) in [5.41, 5.74) is 3.39. The molecule has 1 N–H and O–H groups in total. The number of nitrogens with one attached hydrogen (secondary N) is 1. The molecule has 1 aromatic rings. The van der Waals surface area contributed by atoms with E-state index >= 15 is 0 Å². The Kier molecular flexibility index (Phi) is 4.87. The lowest BCUT2D eigenvalue weighted by Crippen LogP contribution is -2.56. The number of aryl methyl sites for hydroxylation is 2. The highest BCUT2D eigenvalue weighted by atomic mass is 16.2. The number of carbonyl (C=O) groups is 1. The zero-order valence-corrected chi connectivity index (χ0v) is 14.1. The van der Waals surface area contributed by atoms with Gasteiger partial charge in [-0.3, -0.25) is 4.79 Å². The summed E-state index contributed by atoms with van der Waals surface area (Å²) in [6, 6.07) is 3.63. The van der Waals surface area contributed by atoms with Crippen molar-refractivity contribution in [1.82, 2.24) is 0 Å². The topological polar surface area (TPSA) is 33.5 Å². The first-order valence-corrected chi connectivity index (χ1v) is 8.09. The summed E-state index contributed by atoms with van der Waals surface area (Å²) in [5.74, 6) is 0.0884. The molecule has 1 aromatic carbocycles. The van der Waals surface area contributed by atoms with Crippen LogP contribution in [0.15, 0.2) is 12.1 Å². The van der Waals surface area contributed by atoms with Crippen LogP contribution in [0.3, 0.4) is 0 Å². The first kappa shape index (κ1) is 16.5. The molecule has 22 heavy (non-hydrogen) atoms. The predicted octanol–water partition coefficient (Wildman–Crippen LogP) is 3.81. The van der Waals surface area contributed by atoms with Gasteiger partial charge in [0.05, 0.1) is 26.2 Å². The smallest absolute Gasteiger partial charge is 0.282 e. The summed E-state index contributed by atoms with van der Waals surface area (Å²) < 4.78 is 0.893. The molecular weight excluding hydrogens is 274 g/mol. The monoisotopic (exact) mass is 300 g/mol. The molecular formula is C18H26N3O+. The van der Waals surface area contributed by atoms with Crippen LogP contribution in [0.5, 0.6) is 0 Å². The third-order valence-electron chi connectivity index (χ3n) is 5.18. The Balaban J connectivity index is 2.20. The minimum absolute atomic E-state index is 0.0353. The van der Waals surface area contributed by atoms with Crippen molar-refractivity contribution in [3.8, 4) is 0 Å². The molecule has 1 amide bonds. The van der Waals surface area contributed by atoms with E-state index in [1.807, 2.05) is 32.9 Å². The standard InChI is InChI=1S/C18H25N3O/c1-6-21(9-7-8-10-21)15(4)18(22)20-17-13(2)11-16(19-5)12-14(17)3/h11-12,15H,6-10H2,1-4H3/p+1. The number of rotatable bonds is 4. The van der Waals surface area contributed by atoms with Crippen molar-refractivity contribution in [2.24, 2.45) is 0 Å². The van der Waals surface area contributed by atoms with Gasteiger partial charge in [-0.25, -0.2) is 4.85 Å². The van der Waals surface area contributed by atoms with Crippen LogP contribution in [0.4, 0.5) is 11.4 Å². The number of amides is 1. The average Bonchev–Trinajstić information content (AvgIpc) is 2.99. The van der Waals surface area contributed by atoms with Crippen molar-refractivity contribution in [3.63, 3.8) is 0 Å². The molecule has 1 unspecified atom stereocenters. The Labute approximate surface area is 133 Å². The highest BCUT2D eigenvalue weighted by molar-refractivity contribution is 5.95. The van der Waals surface area contributed by atoms with Crippen LogP contribution in [0.1, 0.15) is 37.8 Å². The number of likely N-dealkylation sites (tertiary alicyclic amines) is 1. The van der Waals surface area contributed by atoms with Gasteiger partial charge in [-0.2, -0.15) is 0 Å². The number of likely N-dealkylation sites (N-methyl/N-ethyl adjacent to an activating group) is 1. The number of benzene rings is 1. The maximum absolute atomic E-state index is 12.7. The number of hydrogen-bond donors (Lipinski definition) is 1. The zero-order valence-electron chi connectivity index (χ0n) is 14.1. The molecule has 2 rings (SSSR count). The van der Waals surface area contributed by atoms with Crippen LogP contribution in [0.25, 0.3) is 4.85 Å². The van der Waals surface area contributed by atoms with Gasteiger partial charge in [0.1, 0.15) is 0 Å². The van der Waals surface area contributed by atoms with Crippen LogP contribution >= 0.6 is 0 Å². The van der Waals surface area contributed by atoms with Crippen molar-refractivity contribution < 1.29 is 9.28 Å². The molecule has 1 aliphatic heterocycles. The van der Waals surface area contributed by atoms with Crippen molar-refractivity contribution in [2.45, 2.75) is 46.6 Å². The van der Waals surface area contributed by atoms with Crippen molar-refractivity contribution >= 4 is 17.3 Å². The minimum Gasteiger partial charge on any atom is -0.321 e. The molecule has 1 saturated heterocycles. The lowest BCUT2D eigenvalue weighted by atomic mass is 10.1. The van der Waals surface area contributed by atoms with Gasteiger partial charge in [0.25, 0.3) is 5.91 Å². The Bertz CT molecular complexity index is 586. The molecule has 0 bridgehead atoms. The molecule has 1 aliphatic rings. The highest BCUT2D eigenvalue weighted by Gasteiger charge is 2.39. The number of anilines is 1. The molecule has 1 atom stereocenters. The predicted molar refractivity (Wildman–Crippen MR) is 90.0 cm³/mol. The number of nitrogens with zero attached hydrogens (tertiary/aromatic N) is 2. The Morgan fingerprint density at radius 1 is 1.32 bits per heavy atom. The van der Waals surface area contributed by atoms with Gasteiger partial charge in [-0.1, -0.05) is 12.1 Å². The van der Waals surface area contributed by atoms with Crippen LogP contribution < -0.4 is 5.32 Å². The SMILES string of the molecule is [C-]#[N+]c1cc(C)c(NC(=O)C(C)[N+]2(CC)CCCC2)c(C)c1. The maximum atomic E-state index is 12.7. The van der Waals surface area contributed by atoms with Gasteiger partial charge in [0.2, 0.25) is 0 Å². The molecule has 0 saturated carbocycles. The summed E-state index contributed by atoms with van der Waals surface area (Å²) in [5, 5.41) is 3.11. The van der Waals surface area contributed by atoms with Gasteiger partial charge >= 0.3 is 0 Å². The molecule has 4 nitrogen and oxygen atoms in total. The molecule has 0 spiro atoms. The van der Waals surface area contributed by atoms with Crippen LogP contribution in [0, 0.1) is 20.4 Å². The first-order chi connectivity index (χ1) is 10.4. The summed E-state index contributed by atoms with van der Waals surface area (Å²) in [7, 11) is 0. The average molecular weight is 300 g/mol. The first-order valence-electron chi connectivity index (χ1n) is 8.09. The van der Waals surface area contributed by atoms with Crippen LogP contribution in [0.2, 0.25) is 0 Å². The molecule has 0 aromatic heterocycles. The van der Waals surface area contributed by atoms with E-state index in [1.54, 1.807) is 0 Å². The van der Waals surface area contributed by atoms with E-state index in [0.29, 0.717) is 5.69 Å². The fourth-order valence-corrected chi connectivity index (χ4v) is 3.62. The highest BCUT2D eigenvalue weighted by Crippen LogP contribution is 2.28. The van der Waals surface area contributed by atoms with E-state index in [1.165, 1.54) is 12.8 Å². The molecule has 0 radical (unpaired) electrons. The molecule has 1 fully saturated rings. The quantitative estimate of drug-likeness (QED) is 0.666. The van der Waals surface area contributed by atoms with E-state index in [2.05, 4.69) is 17.1 Å². The number of carbonyl (C=O) groups excluding carboxylic acids is 1. The lowest BCUT2D eigenvalue weighted by molar-refractivity contribution is -0.928. The fraction of sp³-hybridized carbons (Fsp3) is 0.556. The van der Waals surface area contributed by atoms with E-state index < -0.39 is 0 Å². The third kappa shape index (κ3) is 3.00. The number of hydrogen-bond acceptors (Lipinski definition) is 1. The van der Waals surface area contributed by atoms with E-state index in [4.69, 9.17) is 6.57 Å². The second kappa shape index (κ2) is 6.50. The van der Waals surface area contributed by atoms with E-state index in [-0.39, 0.29) is 11.9 Å². The van der Waals surface area contributed by atoms with Crippen molar-refractivity contribution in [2.75, 3.05) is 25.0 Å². The van der Waals surface area contributed by atoms with Gasteiger partial charge < -0.3 is 9.80 Å². The molecule has 4 heteroatoms. The Morgan fingerprint density at radius 2 is 1.86 bits per heavy atom. The molecule has 118 valence electrons. The minimum atomic E-state index is -0.0353. The van der Waals surface area contributed by atoms with Gasteiger partial charge in [0, 0.05) is 18.5 Å². The third-order valence-corrected chi connectivity index (χ3v) is 5.18. The largest absolute Gasteiger partial charge is 0.321 e. The second-order valence-electron chi connectivity index (χ2n) is 6.42. The maximum Gasteiger partial charge on any atom is 0.282 e. The van der Waals surface area contributed by atoms with E-state index in [0.717, 1.165) is 40.9 Å². The van der Waals surface area contributed by atoms with Gasteiger partial charge in [0.15, 0.2) is 11.7 Å². The number of quaternary nitrogens is 1. The second-order valence-corrected chi connectivity index (χ2v) is 6.42.